The molecule has 1 aliphatic rings. The molecule has 4 atom stereocenters. The Morgan fingerprint density at radius 1 is 1.05 bits per heavy atom. The number of nitrogens with one attached hydrogen (secondary N) is 1. The topological polar surface area (TPSA) is 107 Å². The number of pyridine rings is 1. The monoisotopic (exact) mass is 586 g/mol. The fourth-order valence-corrected chi connectivity index (χ4v) is 5.38. The van der Waals surface area contributed by atoms with Crippen molar-refractivity contribution in [3.8, 4) is 17.2 Å². The number of rotatable bonds is 8. The molecule has 8 nitrogen and oxygen atoms in total. The van der Waals surface area contributed by atoms with E-state index < -0.39 is 36.1 Å². The number of amides is 1. The van der Waals surface area contributed by atoms with E-state index in [0.29, 0.717) is 32.1 Å². The molecule has 4 rings (SSSR count). The molecule has 42 heavy (non-hydrogen) atoms. The van der Waals surface area contributed by atoms with E-state index in [4.69, 9.17) is 9.47 Å². The van der Waals surface area contributed by atoms with E-state index >= 15 is 0 Å². The normalized spacial score (nSPS) is 21.3. The van der Waals surface area contributed by atoms with Crippen molar-refractivity contribution in [3.63, 3.8) is 0 Å². The van der Waals surface area contributed by atoms with E-state index in [0.717, 1.165) is 11.1 Å². The highest BCUT2D eigenvalue weighted by atomic mass is 19.4. The zero-order valence-corrected chi connectivity index (χ0v) is 23.3. The standard InChI is InChI=1S/C31H33F3N2O6/c1-19-24(18-21-11-13-23(14-12-21)42-31(32,33)34)22(17-20-7-4-3-5-8-20)9-6-10-25(30(39)41-19)36-29(38)27-28(37)26(40-2)15-16-35-27/h3-5,7-8,11-16,19,22,24-25,37H,6,9-10,17-18H2,1-2H3,(H,36,38)/t19-,22+,24-,25-/m0/s1. The van der Waals surface area contributed by atoms with E-state index in [1.54, 1.807) is 19.1 Å². The highest BCUT2D eigenvalue weighted by Gasteiger charge is 2.35. The minimum absolute atomic E-state index is 0.0693. The van der Waals surface area contributed by atoms with E-state index in [1.165, 1.54) is 31.5 Å². The number of nitrogens with zero attached hydrogens (tertiary/aromatic N) is 1. The van der Waals surface area contributed by atoms with Gasteiger partial charge in [0.15, 0.2) is 17.2 Å². The van der Waals surface area contributed by atoms with Gasteiger partial charge >= 0.3 is 12.3 Å². The van der Waals surface area contributed by atoms with Crippen LogP contribution in [0.1, 0.15) is 47.8 Å². The molecule has 3 aromatic rings. The summed E-state index contributed by atoms with van der Waals surface area (Å²) < 4.78 is 52.8. The van der Waals surface area contributed by atoms with Gasteiger partial charge in [0.1, 0.15) is 17.9 Å². The van der Waals surface area contributed by atoms with Gasteiger partial charge in [-0.15, -0.1) is 13.2 Å². The molecule has 1 amide bonds. The largest absolute Gasteiger partial charge is 0.573 e. The van der Waals surface area contributed by atoms with E-state index in [9.17, 15) is 27.9 Å². The molecule has 1 aromatic heterocycles. The summed E-state index contributed by atoms with van der Waals surface area (Å²) in [7, 11) is 1.35. The minimum Gasteiger partial charge on any atom is -0.503 e. The van der Waals surface area contributed by atoms with Crippen LogP contribution in [0, 0.1) is 11.8 Å². The number of cyclic esters (lactones) is 1. The number of hydrogen-bond acceptors (Lipinski definition) is 7. The smallest absolute Gasteiger partial charge is 0.503 e. The van der Waals surface area contributed by atoms with Gasteiger partial charge in [0.05, 0.1) is 7.11 Å². The summed E-state index contributed by atoms with van der Waals surface area (Å²) in [5.41, 5.74) is 1.62. The number of alkyl halides is 3. The van der Waals surface area contributed by atoms with Crippen molar-refractivity contribution in [2.24, 2.45) is 11.8 Å². The molecular formula is C31H33F3N2O6. The molecule has 2 heterocycles. The number of ether oxygens (including phenoxy) is 3. The van der Waals surface area contributed by atoms with Gasteiger partial charge in [-0.2, -0.15) is 0 Å². The summed E-state index contributed by atoms with van der Waals surface area (Å²) in [4.78, 5) is 30.2. The van der Waals surface area contributed by atoms with Gasteiger partial charge in [0.2, 0.25) is 0 Å². The summed E-state index contributed by atoms with van der Waals surface area (Å²) >= 11 is 0. The van der Waals surface area contributed by atoms with Gasteiger partial charge in [0.25, 0.3) is 5.91 Å². The number of hydrogen-bond donors (Lipinski definition) is 2. The molecule has 2 N–H and O–H groups in total. The van der Waals surface area contributed by atoms with Crippen molar-refractivity contribution < 1.29 is 42.1 Å². The van der Waals surface area contributed by atoms with Crippen molar-refractivity contribution in [1.29, 1.82) is 0 Å². The molecule has 0 unspecified atom stereocenters. The van der Waals surface area contributed by atoms with E-state index in [1.807, 2.05) is 30.3 Å². The number of halogens is 3. The van der Waals surface area contributed by atoms with Crippen molar-refractivity contribution in [2.75, 3.05) is 7.11 Å². The zero-order valence-electron chi connectivity index (χ0n) is 23.3. The van der Waals surface area contributed by atoms with Crippen LogP contribution < -0.4 is 14.8 Å². The van der Waals surface area contributed by atoms with Crippen LogP contribution >= 0.6 is 0 Å². The van der Waals surface area contributed by atoms with Crippen molar-refractivity contribution in [3.05, 3.63) is 83.7 Å². The summed E-state index contributed by atoms with van der Waals surface area (Å²) in [5.74, 6) is -2.11. The molecule has 0 bridgehead atoms. The SMILES string of the molecule is COc1ccnc(C(=O)N[C@H]2CCC[C@H](Cc3ccccc3)[C@@H](Cc3ccc(OC(F)(F)F)cc3)[C@H](C)OC2=O)c1O. The predicted octanol–water partition coefficient (Wildman–Crippen LogP) is 5.63. The number of aromatic nitrogens is 1. The Morgan fingerprint density at radius 3 is 2.40 bits per heavy atom. The Hall–Kier alpha value is -4.28. The number of esters is 1. The number of carbonyl (C=O) groups excluding carboxylic acids is 2. The third kappa shape index (κ3) is 8.14. The Labute approximate surface area is 241 Å². The average molecular weight is 587 g/mol. The van der Waals surface area contributed by atoms with Gasteiger partial charge in [-0.3, -0.25) is 4.79 Å². The molecule has 224 valence electrons. The number of aromatic hydroxyl groups is 1. The predicted molar refractivity (Wildman–Crippen MR) is 147 cm³/mol. The maximum atomic E-state index is 13.3. The second-order valence-corrected chi connectivity index (χ2v) is 10.3. The van der Waals surface area contributed by atoms with Crippen LogP contribution in [0.2, 0.25) is 0 Å². The van der Waals surface area contributed by atoms with Crippen LogP contribution in [-0.4, -0.2) is 47.6 Å². The van der Waals surface area contributed by atoms with Crippen molar-refractivity contribution in [1.82, 2.24) is 10.3 Å². The van der Waals surface area contributed by atoms with Crippen LogP contribution in [0.3, 0.4) is 0 Å². The van der Waals surface area contributed by atoms with E-state index in [-0.39, 0.29) is 29.0 Å². The van der Waals surface area contributed by atoms with Crippen molar-refractivity contribution >= 4 is 11.9 Å². The molecule has 0 radical (unpaired) electrons. The van der Waals surface area contributed by atoms with Gasteiger partial charge in [0, 0.05) is 18.2 Å². The van der Waals surface area contributed by atoms with Gasteiger partial charge in [-0.05, 0) is 61.8 Å². The Balaban J connectivity index is 1.54. The molecule has 1 aliphatic heterocycles. The molecule has 0 spiro atoms. The second-order valence-electron chi connectivity index (χ2n) is 10.3. The van der Waals surface area contributed by atoms with Gasteiger partial charge in [-0.25, -0.2) is 9.78 Å². The van der Waals surface area contributed by atoms with Crippen LogP contribution in [0.4, 0.5) is 13.2 Å². The zero-order chi connectivity index (χ0) is 30.3. The number of methoxy groups -OCH3 is 1. The van der Waals surface area contributed by atoms with Gasteiger partial charge in [-0.1, -0.05) is 48.9 Å². The third-order valence-electron chi connectivity index (χ3n) is 7.46. The maximum absolute atomic E-state index is 13.3. The molecular weight excluding hydrogens is 553 g/mol. The summed E-state index contributed by atoms with van der Waals surface area (Å²) in [6.07, 6.45) is -1.25. The highest BCUT2D eigenvalue weighted by Crippen LogP contribution is 2.34. The third-order valence-corrected chi connectivity index (χ3v) is 7.46. The van der Waals surface area contributed by atoms with Crippen LogP contribution in [0.25, 0.3) is 0 Å². The van der Waals surface area contributed by atoms with Crippen LogP contribution in [0.15, 0.2) is 66.9 Å². The summed E-state index contributed by atoms with van der Waals surface area (Å²) in [6.45, 7) is 1.79. The lowest BCUT2D eigenvalue weighted by Crippen LogP contribution is -2.43. The Bertz CT molecular complexity index is 1350. The highest BCUT2D eigenvalue weighted by molar-refractivity contribution is 5.97. The first-order valence-electron chi connectivity index (χ1n) is 13.7. The van der Waals surface area contributed by atoms with Gasteiger partial charge < -0.3 is 24.6 Å². The van der Waals surface area contributed by atoms with Crippen LogP contribution in [0.5, 0.6) is 17.2 Å². The second kappa shape index (κ2) is 13.6. The maximum Gasteiger partial charge on any atom is 0.573 e. The Morgan fingerprint density at radius 2 is 1.74 bits per heavy atom. The number of carbonyl (C=O) groups is 2. The lowest BCUT2D eigenvalue weighted by Gasteiger charge is -2.31. The minimum atomic E-state index is -4.78. The molecule has 1 fully saturated rings. The average Bonchev–Trinajstić information content (AvgIpc) is 2.99. The molecule has 0 saturated carbocycles. The lowest BCUT2D eigenvalue weighted by molar-refractivity contribution is -0.274. The molecule has 2 aromatic carbocycles. The fraction of sp³-hybridized carbons (Fsp3) is 0.387. The first-order valence-corrected chi connectivity index (χ1v) is 13.7. The van der Waals surface area contributed by atoms with Crippen molar-refractivity contribution in [2.45, 2.75) is 57.5 Å². The quantitative estimate of drug-likeness (QED) is 0.330. The molecule has 1 saturated heterocycles. The van der Waals surface area contributed by atoms with E-state index in [2.05, 4.69) is 15.0 Å². The summed E-state index contributed by atoms with van der Waals surface area (Å²) in [5, 5.41) is 13.0. The number of benzene rings is 2. The molecule has 0 aliphatic carbocycles. The lowest BCUT2D eigenvalue weighted by atomic mass is 9.77. The molecule has 11 heteroatoms. The first kappa shape index (κ1) is 30.7. The summed E-state index contributed by atoms with van der Waals surface area (Å²) in [6, 6.07) is 16.0. The Kier molecular flexibility index (Phi) is 9.92. The first-order chi connectivity index (χ1) is 20.0. The fourth-order valence-electron chi connectivity index (χ4n) is 5.38. The van der Waals surface area contributed by atoms with Crippen LogP contribution in [-0.2, 0) is 22.4 Å².